The third-order valence-corrected chi connectivity index (χ3v) is 2.47. The molecule has 0 aliphatic carbocycles. The Balaban J connectivity index is 2.23. The molecule has 0 spiro atoms. The van der Waals surface area contributed by atoms with Crippen LogP contribution in [0.2, 0.25) is 0 Å². The van der Waals surface area contributed by atoms with Gasteiger partial charge in [0.05, 0.1) is 0 Å². The third kappa shape index (κ3) is 1.20. The zero-order chi connectivity index (χ0) is 8.55. The summed E-state index contributed by atoms with van der Waals surface area (Å²) >= 11 is 0. The summed E-state index contributed by atoms with van der Waals surface area (Å²) < 4.78 is 0. The first kappa shape index (κ1) is 7.66. The fourth-order valence-corrected chi connectivity index (χ4v) is 1.65. The molecule has 0 saturated carbocycles. The number of hydrogen-bond donors (Lipinski definition) is 0. The van der Waals surface area contributed by atoms with E-state index in [1.54, 1.807) is 0 Å². The molecule has 0 atom stereocenters. The van der Waals surface area contributed by atoms with Gasteiger partial charge in [-0.05, 0) is 24.0 Å². The van der Waals surface area contributed by atoms with Crippen LogP contribution in [0.1, 0.15) is 20.3 Å². The molecule has 0 N–H and O–H groups in total. The average Bonchev–Trinajstić information content (AvgIpc) is 2.49. The first-order valence-corrected chi connectivity index (χ1v) is 4.64. The molecule has 0 radical (unpaired) electrons. The van der Waals surface area contributed by atoms with Crippen molar-refractivity contribution in [3.8, 4) is 0 Å². The fourth-order valence-electron chi connectivity index (χ4n) is 1.65. The van der Waals surface area contributed by atoms with Crippen LogP contribution in [0.5, 0.6) is 0 Å². The van der Waals surface area contributed by atoms with E-state index in [4.69, 9.17) is 0 Å². The predicted octanol–water partition coefficient (Wildman–Crippen LogP) is 2.69. The minimum atomic E-state index is 0.642. The van der Waals surface area contributed by atoms with Gasteiger partial charge in [0, 0.05) is 18.4 Å². The monoisotopic (exact) mass is 161 g/mol. The maximum absolute atomic E-state index is 2.34. The molecule has 2 aliphatic heterocycles. The number of nitrogens with zero attached hydrogens (tertiary/aromatic N) is 1. The highest BCUT2D eigenvalue weighted by atomic mass is 15.1. The molecule has 2 heterocycles. The molecule has 2 aliphatic rings. The second-order valence-electron chi connectivity index (χ2n) is 3.73. The number of allylic oxidation sites excluding steroid dienone is 3. The van der Waals surface area contributed by atoms with E-state index in [2.05, 4.69) is 43.2 Å². The maximum Gasteiger partial charge on any atom is 0.0366 e. The van der Waals surface area contributed by atoms with Crippen molar-refractivity contribution in [1.82, 2.24) is 4.90 Å². The first-order valence-electron chi connectivity index (χ1n) is 4.64. The average molecular weight is 161 g/mol. The van der Waals surface area contributed by atoms with Crippen molar-refractivity contribution in [2.24, 2.45) is 5.92 Å². The summed E-state index contributed by atoms with van der Waals surface area (Å²) in [5, 5.41) is 0. The fraction of sp³-hybridized carbons (Fsp3) is 0.455. The van der Waals surface area contributed by atoms with Crippen LogP contribution in [-0.2, 0) is 0 Å². The summed E-state index contributed by atoms with van der Waals surface area (Å²) in [6, 6.07) is 0. The Hall–Kier alpha value is -0.980. The van der Waals surface area contributed by atoms with E-state index in [0.29, 0.717) is 5.92 Å². The number of hydrogen-bond acceptors (Lipinski definition) is 1. The molecule has 1 heteroatoms. The van der Waals surface area contributed by atoms with Crippen LogP contribution in [0.25, 0.3) is 0 Å². The van der Waals surface area contributed by atoms with Crippen molar-refractivity contribution in [3.05, 3.63) is 35.7 Å². The van der Waals surface area contributed by atoms with Crippen molar-refractivity contribution in [2.75, 3.05) is 6.54 Å². The molecule has 0 aromatic carbocycles. The molecule has 64 valence electrons. The Morgan fingerprint density at radius 2 is 2.17 bits per heavy atom. The van der Waals surface area contributed by atoms with Gasteiger partial charge in [0.1, 0.15) is 0 Å². The Morgan fingerprint density at radius 1 is 1.33 bits per heavy atom. The molecular weight excluding hydrogens is 146 g/mol. The second kappa shape index (κ2) is 2.81. The zero-order valence-corrected chi connectivity index (χ0v) is 7.75. The summed E-state index contributed by atoms with van der Waals surface area (Å²) in [5.41, 5.74) is 2.81. The lowest BCUT2D eigenvalue weighted by atomic mass is 10.0. The summed E-state index contributed by atoms with van der Waals surface area (Å²) in [7, 11) is 0. The van der Waals surface area contributed by atoms with Gasteiger partial charge in [-0.2, -0.15) is 0 Å². The van der Waals surface area contributed by atoms with Crippen molar-refractivity contribution >= 4 is 0 Å². The van der Waals surface area contributed by atoms with Gasteiger partial charge in [-0.1, -0.05) is 26.0 Å². The van der Waals surface area contributed by atoms with Crippen molar-refractivity contribution in [1.29, 1.82) is 0 Å². The molecule has 0 amide bonds. The highest BCUT2D eigenvalue weighted by Crippen LogP contribution is 2.25. The molecule has 0 saturated heterocycles. The van der Waals surface area contributed by atoms with Crippen LogP contribution in [0.4, 0.5) is 0 Å². The molecule has 0 bridgehead atoms. The first-order chi connectivity index (χ1) is 5.77. The molecule has 0 fully saturated rings. The third-order valence-electron chi connectivity index (χ3n) is 2.47. The van der Waals surface area contributed by atoms with Gasteiger partial charge in [0.2, 0.25) is 0 Å². The lowest BCUT2D eigenvalue weighted by Crippen LogP contribution is -2.15. The highest BCUT2D eigenvalue weighted by Gasteiger charge is 2.15. The van der Waals surface area contributed by atoms with Crippen molar-refractivity contribution in [2.45, 2.75) is 20.3 Å². The van der Waals surface area contributed by atoms with E-state index >= 15 is 0 Å². The smallest absolute Gasteiger partial charge is 0.0366 e. The molecule has 1 nitrogen and oxygen atoms in total. The van der Waals surface area contributed by atoms with Gasteiger partial charge in [-0.15, -0.1) is 0 Å². The van der Waals surface area contributed by atoms with E-state index < -0.39 is 0 Å². The van der Waals surface area contributed by atoms with Gasteiger partial charge in [-0.25, -0.2) is 0 Å². The predicted molar refractivity (Wildman–Crippen MR) is 51.5 cm³/mol. The lowest BCUT2D eigenvalue weighted by molar-refractivity contribution is 0.507. The van der Waals surface area contributed by atoms with E-state index in [1.165, 1.54) is 17.7 Å². The topological polar surface area (TPSA) is 3.24 Å². The Kier molecular flexibility index (Phi) is 1.80. The molecule has 2 rings (SSSR count). The summed E-state index contributed by atoms with van der Waals surface area (Å²) in [5.74, 6) is 0.642. The molecule has 12 heavy (non-hydrogen) atoms. The van der Waals surface area contributed by atoms with Gasteiger partial charge >= 0.3 is 0 Å². The van der Waals surface area contributed by atoms with Gasteiger partial charge < -0.3 is 4.90 Å². The maximum atomic E-state index is 2.34. The van der Waals surface area contributed by atoms with Crippen LogP contribution >= 0.6 is 0 Å². The van der Waals surface area contributed by atoms with Gasteiger partial charge in [0.25, 0.3) is 0 Å². The highest BCUT2D eigenvalue weighted by molar-refractivity contribution is 5.36. The normalized spacial score (nSPS) is 21.1. The number of fused-ring (bicyclic) bond motifs is 1. The Morgan fingerprint density at radius 3 is 2.92 bits per heavy atom. The van der Waals surface area contributed by atoms with Crippen LogP contribution in [0, 0.1) is 5.92 Å². The van der Waals surface area contributed by atoms with Gasteiger partial charge in [0.15, 0.2) is 0 Å². The van der Waals surface area contributed by atoms with Crippen LogP contribution in [0.15, 0.2) is 35.7 Å². The zero-order valence-electron chi connectivity index (χ0n) is 7.75. The molecular formula is C11H15N. The SMILES string of the molecule is CC(C)C1=CN2CCC=C2C=C1. The van der Waals surface area contributed by atoms with Crippen molar-refractivity contribution in [3.63, 3.8) is 0 Å². The van der Waals surface area contributed by atoms with E-state index in [0.717, 1.165) is 6.54 Å². The standard InChI is InChI=1S/C11H15N/c1-9(2)10-5-6-11-4-3-7-12(11)8-10/h4-6,8-9H,3,7H2,1-2H3. The van der Waals surface area contributed by atoms with Gasteiger partial charge in [-0.3, -0.25) is 0 Å². The largest absolute Gasteiger partial charge is 0.348 e. The van der Waals surface area contributed by atoms with Crippen LogP contribution in [0.3, 0.4) is 0 Å². The minimum absolute atomic E-state index is 0.642. The molecule has 0 aromatic rings. The summed E-state index contributed by atoms with van der Waals surface area (Å²) in [6.07, 6.45) is 10.2. The number of rotatable bonds is 1. The molecule has 0 unspecified atom stereocenters. The van der Waals surface area contributed by atoms with Crippen LogP contribution < -0.4 is 0 Å². The summed E-state index contributed by atoms with van der Waals surface area (Å²) in [4.78, 5) is 2.34. The quantitative estimate of drug-likeness (QED) is 0.571. The van der Waals surface area contributed by atoms with E-state index in [1.807, 2.05) is 0 Å². The van der Waals surface area contributed by atoms with Crippen molar-refractivity contribution < 1.29 is 0 Å². The van der Waals surface area contributed by atoms with E-state index in [-0.39, 0.29) is 0 Å². The molecule has 0 aromatic heterocycles. The van der Waals surface area contributed by atoms with Crippen LogP contribution in [-0.4, -0.2) is 11.4 Å². The Bertz CT molecular complexity index is 269. The summed E-state index contributed by atoms with van der Waals surface area (Å²) in [6.45, 7) is 5.64. The Labute approximate surface area is 74.1 Å². The minimum Gasteiger partial charge on any atom is -0.348 e. The lowest BCUT2D eigenvalue weighted by Gasteiger charge is -2.22. The second-order valence-corrected chi connectivity index (χ2v) is 3.73. The van der Waals surface area contributed by atoms with E-state index in [9.17, 15) is 0 Å².